The Morgan fingerprint density at radius 2 is 0.325 bits per heavy atom. The van der Waals surface area contributed by atoms with Crippen LogP contribution in [0, 0.1) is 0 Å². The van der Waals surface area contributed by atoms with E-state index in [0.29, 0.717) is 0 Å². The number of unbranched alkanes of at least 4 members (excludes halogenated alkanes) is 30. The maximum absolute atomic E-state index is 5.88. The first-order valence-electron chi connectivity index (χ1n) is 46.9. The van der Waals surface area contributed by atoms with Crippen LogP contribution in [0.15, 0.2) is 170 Å². The largest absolute Gasteiger partial charge is 0.494 e. The minimum atomic E-state index is 0.821. The number of pyridine rings is 4. The fourth-order valence-electron chi connectivity index (χ4n) is 14.1. The molecule has 8 rings (SSSR count). The molecule has 0 N–H and O–H groups in total. The molecule has 4 heterocycles. The van der Waals surface area contributed by atoms with E-state index in [9.17, 15) is 0 Å². The fourth-order valence-corrected chi connectivity index (χ4v) is 14.1. The number of aromatic nitrogens is 4. The SMILES string of the molecule is CCCCCCCCOc1ccc(CCc2ccc(CCCCCCC)cn2)cc1.CCCCCCCOc1ccc(CCc2ccc(CCCCCCC)cn2)cc1.CCCCCCCc1ccc(CCc2ccc(OCCCCC)cc2)nc1.CCCCCCCc1ccc(CCc2ccc(OCCCCCC)cc2)nc1. The first-order valence-corrected chi connectivity index (χ1v) is 46.9. The number of ether oxygens (including phenoxy) is 4. The molecule has 0 saturated heterocycles. The highest BCUT2D eigenvalue weighted by Crippen LogP contribution is 2.22. The number of hydrogen-bond acceptors (Lipinski definition) is 8. The van der Waals surface area contributed by atoms with Crippen LogP contribution in [0.5, 0.6) is 23.0 Å². The summed E-state index contributed by atoms with van der Waals surface area (Å²) in [6.07, 6.45) is 70.5. The molecule has 0 atom stereocenters. The Hall–Kier alpha value is -7.32. The van der Waals surface area contributed by atoms with Gasteiger partial charge in [-0.2, -0.15) is 0 Å². The molecule has 0 aliphatic rings. The molecule has 628 valence electrons. The van der Waals surface area contributed by atoms with E-state index in [4.69, 9.17) is 18.9 Å². The molecule has 8 heteroatoms. The van der Waals surface area contributed by atoms with E-state index in [1.54, 1.807) is 0 Å². The van der Waals surface area contributed by atoms with Crippen molar-refractivity contribution in [2.45, 2.75) is 376 Å². The van der Waals surface area contributed by atoms with Gasteiger partial charge in [-0.15, -0.1) is 0 Å². The van der Waals surface area contributed by atoms with Crippen molar-refractivity contribution < 1.29 is 18.9 Å². The van der Waals surface area contributed by atoms with Gasteiger partial charge < -0.3 is 18.9 Å². The van der Waals surface area contributed by atoms with E-state index in [0.717, 1.165) is 152 Å². The van der Waals surface area contributed by atoms with Gasteiger partial charge in [0.05, 0.1) is 26.4 Å². The Morgan fingerprint density at radius 1 is 0.158 bits per heavy atom. The van der Waals surface area contributed by atoms with Crippen molar-refractivity contribution >= 4 is 0 Å². The zero-order valence-corrected chi connectivity index (χ0v) is 73.8. The molecule has 0 radical (unpaired) electrons. The van der Waals surface area contributed by atoms with Crippen LogP contribution in [0.2, 0.25) is 0 Å². The van der Waals surface area contributed by atoms with Gasteiger partial charge in [-0.05, 0) is 246 Å². The van der Waals surface area contributed by atoms with E-state index in [1.807, 2.05) is 0 Å². The van der Waals surface area contributed by atoms with Gasteiger partial charge in [0.2, 0.25) is 0 Å². The van der Waals surface area contributed by atoms with Crippen molar-refractivity contribution in [3.63, 3.8) is 0 Å². The van der Waals surface area contributed by atoms with Gasteiger partial charge in [0.25, 0.3) is 0 Å². The highest BCUT2D eigenvalue weighted by molar-refractivity contribution is 5.32. The third kappa shape index (κ3) is 49.6. The zero-order chi connectivity index (χ0) is 80.9. The van der Waals surface area contributed by atoms with Gasteiger partial charge in [-0.3, -0.25) is 19.9 Å². The van der Waals surface area contributed by atoms with Crippen LogP contribution in [0.25, 0.3) is 0 Å². The smallest absolute Gasteiger partial charge is 0.119 e. The average Bonchev–Trinajstić information content (AvgIpc) is 0.906. The zero-order valence-electron chi connectivity index (χ0n) is 73.8. The number of nitrogens with zero attached hydrogens (tertiary/aromatic N) is 4. The molecule has 0 spiro atoms. The number of hydrogen-bond donors (Lipinski definition) is 0. The minimum absolute atomic E-state index is 0.821. The third-order valence-corrected chi connectivity index (χ3v) is 21.8. The second-order valence-corrected chi connectivity index (χ2v) is 32.2. The summed E-state index contributed by atoms with van der Waals surface area (Å²) in [5.74, 6) is 3.96. The highest BCUT2D eigenvalue weighted by atomic mass is 16.5. The number of rotatable bonds is 62. The topological polar surface area (TPSA) is 88.5 Å². The van der Waals surface area contributed by atoms with Crippen LogP contribution in [-0.4, -0.2) is 46.4 Å². The number of aryl methyl sites for hydroxylation is 12. The molecular weight excluding hydrogens is 1390 g/mol. The fraction of sp³-hybridized carbons (Fsp3) is 0.585. The van der Waals surface area contributed by atoms with E-state index >= 15 is 0 Å². The van der Waals surface area contributed by atoms with Gasteiger partial charge in [-0.25, -0.2) is 0 Å². The first kappa shape index (κ1) is 97.3. The van der Waals surface area contributed by atoms with Crippen molar-refractivity contribution in [2.75, 3.05) is 26.4 Å². The summed E-state index contributed by atoms with van der Waals surface area (Å²) in [5.41, 5.74) is 15.6. The van der Waals surface area contributed by atoms with Gasteiger partial charge in [0, 0.05) is 47.6 Å². The predicted octanol–water partition coefficient (Wildman–Crippen LogP) is 30.1. The van der Waals surface area contributed by atoms with Crippen LogP contribution in [0.3, 0.4) is 0 Å². The van der Waals surface area contributed by atoms with Crippen LogP contribution < -0.4 is 18.9 Å². The monoisotopic (exact) mass is 1550 g/mol. The molecule has 0 saturated carbocycles. The molecule has 0 bridgehead atoms. The van der Waals surface area contributed by atoms with Crippen LogP contribution in [0.4, 0.5) is 0 Å². The molecule has 0 fully saturated rings. The van der Waals surface area contributed by atoms with Crippen LogP contribution >= 0.6 is 0 Å². The highest BCUT2D eigenvalue weighted by Gasteiger charge is 2.08. The lowest BCUT2D eigenvalue weighted by molar-refractivity contribution is 0.304. The summed E-state index contributed by atoms with van der Waals surface area (Å²) in [5, 5.41) is 0. The lowest BCUT2D eigenvalue weighted by atomic mass is 10.0. The summed E-state index contributed by atoms with van der Waals surface area (Å²) in [6.45, 7) is 21.3. The van der Waals surface area contributed by atoms with Crippen molar-refractivity contribution in [1.82, 2.24) is 19.9 Å². The predicted molar refractivity (Wildman–Crippen MR) is 490 cm³/mol. The summed E-state index contributed by atoms with van der Waals surface area (Å²) in [6, 6.07) is 52.2. The molecule has 0 aliphatic heterocycles. The van der Waals surface area contributed by atoms with Crippen molar-refractivity contribution in [3.05, 3.63) is 238 Å². The Kier molecular flexibility index (Phi) is 57.9. The van der Waals surface area contributed by atoms with Crippen molar-refractivity contribution in [2.24, 2.45) is 0 Å². The van der Waals surface area contributed by atoms with E-state index in [1.165, 1.54) is 286 Å². The normalized spacial score (nSPS) is 10.9. The second-order valence-electron chi connectivity index (χ2n) is 32.2. The molecule has 0 amide bonds. The lowest BCUT2D eigenvalue weighted by Crippen LogP contribution is -1.98. The van der Waals surface area contributed by atoms with Crippen molar-refractivity contribution in [3.8, 4) is 23.0 Å². The Morgan fingerprint density at radius 3 is 0.526 bits per heavy atom. The summed E-state index contributed by atoms with van der Waals surface area (Å²) < 4.78 is 23.3. The summed E-state index contributed by atoms with van der Waals surface area (Å²) in [7, 11) is 0. The van der Waals surface area contributed by atoms with Crippen LogP contribution in [-0.2, 0) is 77.0 Å². The lowest BCUT2D eigenvalue weighted by Gasteiger charge is -2.08. The molecule has 114 heavy (non-hydrogen) atoms. The Bertz CT molecular complexity index is 3370. The van der Waals surface area contributed by atoms with Gasteiger partial charge in [0.1, 0.15) is 23.0 Å². The Labute approximate surface area is 698 Å². The van der Waals surface area contributed by atoms with Crippen molar-refractivity contribution in [1.29, 1.82) is 0 Å². The van der Waals surface area contributed by atoms with E-state index in [2.05, 4.69) is 246 Å². The number of benzene rings is 4. The van der Waals surface area contributed by atoms with E-state index < -0.39 is 0 Å². The van der Waals surface area contributed by atoms with Gasteiger partial charge >= 0.3 is 0 Å². The maximum Gasteiger partial charge on any atom is 0.119 e. The molecule has 0 aliphatic carbocycles. The standard InChI is InChI=1S/C28H43NO.C27H41NO.C26H39NO.C25H37NO/c1-3-5-7-9-11-13-23-30-28-21-17-25(18-22-28)15-19-27-20-16-26(24-29-27)14-12-10-8-6-4-2;1-3-5-7-9-11-13-25-15-19-26(28-23-25)18-14-24-16-20-27(21-17-24)29-22-12-10-8-6-4-2;1-3-5-7-9-10-12-24-14-18-25(27-22-24)17-13-23-15-19-26(20-16-23)28-21-11-8-6-4-2;1-3-5-7-8-9-11-23-13-17-24(26-21-23)16-12-22-14-18-25(19-15-22)27-20-10-6-4-2/h16-18,20-22,24H,3-15,19,23H2,1-2H3;15-17,19-21,23H,3-14,18,22H2,1-2H3;14-16,18-20,22H,3-13,17,21H2,1-2H3;13-15,17-19,21H,3-12,16,20H2,1-2H3. The quantitative estimate of drug-likeness (QED) is 0.0348. The van der Waals surface area contributed by atoms with E-state index in [-0.39, 0.29) is 0 Å². The average molecular weight is 1550 g/mol. The molecule has 8 aromatic rings. The summed E-state index contributed by atoms with van der Waals surface area (Å²) in [4.78, 5) is 18.7. The molecule has 4 aromatic heterocycles. The molecule has 8 nitrogen and oxygen atoms in total. The molecule has 0 unspecified atom stereocenters. The second kappa shape index (κ2) is 67.8. The molecular formula is C106H160N4O4. The Balaban J connectivity index is 0.000000272. The molecule has 4 aromatic carbocycles. The first-order chi connectivity index (χ1) is 56.3. The summed E-state index contributed by atoms with van der Waals surface area (Å²) >= 11 is 0. The van der Waals surface area contributed by atoms with Crippen LogP contribution in [0.1, 0.15) is 367 Å². The third-order valence-electron chi connectivity index (χ3n) is 21.8. The van der Waals surface area contributed by atoms with Gasteiger partial charge in [-0.1, -0.05) is 321 Å². The minimum Gasteiger partial charge on any atom is -0.494 e. The van der Waals surface area contributed by atoms with Gasteiger partial charge in [0.15, 0.2) is 0 Å². The maximum atomic E-state index is 5.88.